The van der Waals surface area contributed by atoms with Crippen molar-refractivity contribution < 1.29 is 14.3 Å². The van der Waals surface area contributed by atoms with Crippen LogP contribution in [0.25, 0.3) is 10.8 Å². The van der Waals surface area contributed by atoms with Gasteiger partial charge in [-0.05, 0) is 54.3 Å². The summed E-state index contributed by atoms with van der Waals surface area (Å²) in [6, 6.07) is 28.0. The molecule has 0 spiro atoms. The Morgan fingerprint density at radius 2 is 1.55 bits per heavy atom. The van der Waals surface area contributed by atoms with Gasteiger partial charge in [-0.15, -0.1) is 0 Å². The number of amides is 2. The summed E-state index contributed by atoms with van der Waals surface area (Å²) in [6.07, 6.45) is 0. The minimum atomic E-state index is -0.256. The molecule has 0 bridgehead atoms. The van der Waals surface area contributed by atoms with Crippen LogP contribution in [0.1, 0.15) is 15.9 Å². The van der Waals surface area contributed by atoms with Gasteiger partial charge in [-0.1, -0.05) is 54.6 Å². The van der Waals surface area contributed by atoms with Gasteiger partial charge in [-0.2, -0.15) is 0 Å². The lowest BCUT2D eigenvalue weighted by atomic mass is 10.1. The fraction of sp³-hybridized carbons (Fsp3) is 0.0769. The predicted octanol–water partition coefficient (Wildman–Crippen LogP) is 5.42. The van der Waals surface area contributed by atoms with Crippen molar-refractivity contribution in [1.82, 2.24) is 0 Å². The van der Waals surface area contributed by atoms with Crippen molar-refractivity contribution in [3.05, 3.63) is 102 Å². The summed E-state index contributed by atoms with van der Waals surface area (Å²) in [5.74, 6) is 0.237. The Kier molecular flexibility index (Phi) is 5.94. The number of benzene rings is 4. The zero-order chi connectivity index (χ0) is 21.6. The lowest BCUT2D eigenvalue weighted by Gasteiger charge is -2.12. The molecule has 5 nitrogen and oxygen atoms in total. The second-order valence-corrected chi connectivity index (χ2v) is 7.16. The molecule has 0 saturated carbocycles. The fourth-order valence-corrected chi connectivity index (χ4v) is 3.33. The lowest BCUT2D eigenvalue weighted by Crippen LogP contribution is -2.20. The van der Waals surface area contributed by atoms with Gasteiger partial charge in [0.05, 0.1) is 0 Å². The Balaban J connectivity index is 1.37. The molecule has 2 N–H and O–H groups in total. The third-order valence-corrected chi connectivity index (χ3v) is 4.90. The highest BCUT2D eigenvalue weighted by atomic mass is 16.5. The van der Waals surface area contributed by atoms with Crippen LogP contribution >= 0.6 is 0 Å². The maximum atomic E-state index is 12.4. The normalized spacial score (nSPS) is 10.5. The average Bonchev–Trinajstić information content (AvgIpc) is 2.80. The first-order chi connectivity index (χ1) is 15.1. The third kappa shape index (κ3) is 4.90. The smallest absolute Gasteiger partial charge is 0.262 e. The summed E-state index contributed by atoms with van der Waals surface area (Å²) in [7, 11) is 0. The van der Waals surface area contributed by atoms with Gasteiger partial charge in [-0.25, -0.2) is 0 Å². The van der Waals surface area contributed by atoms with Crippen molar-refractivity contribution in [2.75, 3.05) is 17.2 Å². The molecule has 4 aromatic carbocycles. The van der Waals surface area contributed by atoms with Gasteiger partial charge in [0, 0.05) is 22.3 Å². The monoisotopic (exact) mass is 410 g/mol. The van der Waals surface area contributed by atoms with Crippen molar-refractivity contribution in [2.24, 2.45) is 0 Å². The molecule has 0 atom stereocenters. The van der Waals surface area contributed by atoms with E-state index in [1.807, 2.05) is 73.7 Å². The number of hydrogen-bond donors (Lipinski definition) is 2. The number of carbonyl (C=O) groups excluding carboxylic acids is 2. The molecule has 5 heteroatoms. The zero-order valence-electron chi connectivity index (χ0n) is 17.1. The van der Waals surface area contributed by atoms with Crippen molar-refractivity contribution in [3.8, 4) is 5.75 Å². The van der Waals surface area contributed by atoms with Crippen LogP contribution in [0.3, 0.4) is 0 Å². The molecular formula is C26H22N2O3. The summed E-state index contributed by atoms with van der Waals surface area (Å²) in [4.78, 5) is 24.7. The largest absolute Gasteiger partial charge is 0.483 e. The number of hydrogen-bond acceptors (Lipinski definition) is 3. The highest BCUT2D eigenvalue weighted by Gasteiger charge is 2.10. The summed E-state index contributed by atoms with van der Waals surface area (Å²) in [6.45, 7) is 1.78. The van der Waals surface area contributed by atoms with Crippen LogP contribution < -0.4 is 15.4 Å². The molecule has 0 aromatic heterocycles. The van der Waals surface area contributed by atoms with Crippen LogP contribution in [0.2, 0.25) is 0 Å². The van der Waals surface area contributed by atoms with Crippen LogP contribution in [0, 0.1) is 6.92 Å². The quantitative estimate of drug-likeness (QED) is 0.446. The van der Waals surface area contributed by atoms with E-state index in [1.54, 1.807) is 24.3 Å². The van der Waals surface area contributed by atoms with Gasteiger partial charge in [0.2, 0.25) is 0 Å². The van der Waals surface area contributed by atoms with Gasteiger partial charge in [0.15, 0.2) is 6.61 Å². The minimum absolute atomic E-state index is 0.0977. The molecule has 0 unspecified atom stereocenters. The second kappa shape index (κ2) is 9.13. The number of nitrogens with one attached hydrogen (secondary N) is 2. The van der Waals surface area contributed by atoms with Gasteiger partial charge in [0.1, 0.15) is 5.75 Å². The summed E-state index contributed by atoms with van der Waals surface area (Å²) in [5.41, 5.74) is 2.77. The SMILES string of the molecule is Cc1cc(NC(=O)COc2cccc3ccccc23)ccc1NC(=O)c1ccccc1. The number of rotatable bonds is 6. The van der Waals surface area contributed by atoms with Crippen LogP contribution in [0.5, 0.6) is 5.75 Å². The Hall–Kier alpha value is -4.12. The number of ether oxygens (including phenoxy) is 1. The first kappa shape index (κ1) is 20.2. The zero-order valence-corrected chi connectivity index (χ0v) is 17.1. The van der Waals surface area contributed by atoms with Crippen LogP contribution in [-0.2, 0) is 4.79 Å². The maximum Gasteiger partial charge on any atom is 0.262 e. The third-order valence-electron chi connectivity index (χ3n) is 4.90. The molecular weight excluding hydrogens is 388 g/mol. The number of anilines is 2. The minimum Gasteiger partial charge on any atom is -0.483 e. The van der Waals surface area contributed by atoms with Gasteiger partial charge in [0.25, 0.3) is 11.8 Å². The van der Waals surface area contributed by atoms with Gasteiger partial charge < -0.3 is 15.4 Å². The number of fused-ring (bicyclic) bond motifs is 1. The number of aryl methyl sites for hydroxylation is 1. The van der Waals surface area contributed by atoms with Crippen LogP contribution in [0.15, 0.2) is 91.0 Å². The molecule has 0 aliphatic carbocycles. The molecule has 31 heavy (non-hydrogen) atoms. The average molecular weight is 410 g/mol. The van der Waals surface area contributed by atoms with E-state index >= 15 is 0 Å². The molecule has 154 valence electrons. The lowest BCUT2D eigenvalue weighted by molar-refractivity contribution is -0.118. The Bertz CT molecular complexity index is 1230. The summed E-state index contributed by atoms with van der Waals surface area (Å²) < 4.78 is 5.74. The van der Waals surface area contributed by atoms with Gasteiger partial charge >= 0.3 is 0 Å². The highest BCUT2D eigenvalue weighted by molar-refractivity contribution is 6.04. The second-order valence-electron chi connectivity index (χ2n) is 7.16. The molecule has 0 heterocycles. The van der Waals surface area contributed by atoms with E-state index in [2.05, 4.69) is 10.6 Å². The molecule has 0 fully saturated rings. The Morgan fingerprint density at radius 1 is 0.806 bits per heavy atom. The molecule has 0 radical (unpaired) electrons. The number of carbonyl (C=O) groups is 2. The van der Waals surface area contributed by atoms with E-state index in [0.29, 0.717) is 22.7 Å². The molecule has 4 rings (SSSR count). The van der Waals surface area contributed by atoms with E-state index in [1.165, 1.54) is 0 Å². The fourth-order valence-electron chi connectivity index (χ4n) is 3.33. The van der Waals surface area contributed by atoms with E-state index in [9.17, 15) is 9.59 Å². The van der Waals surface area contributed by atoms with Crippen LogP contribution in [0.4, 0.5) is 11.4 Å². The Morgan fingerprint density at radius 3 is 2.35 bits per heavy atom. The van der Waals surface area contributed by atoms with Crippen molar-refractivity contribution in [1.29, 1.82) is 0 Å². The highest BCUT2D eigenvalue weighted by Crippen LogP contribution is 2.25. The molecule has 0 aliphatic rings. The summed E-state index contributed by atoms with van der Waals surface area (Å²) >= 11 is 0. The van der Waals surface area contributed by atoms with Crippen molar-refractivity contribution >= 4 is 34.0 Å². The molecule has 0 aliphatic heterocycles. The maximum absolute atomic E-state index is 12.4. The van der Waals surface area contributed by atoms with E-state index in [0.717, 1.165) is 16.3 Å². The van der Waals surface area contributed by atoms with E-state index in [4.69, 9.17) is 4.74 Å². The summed E-state index contributed by atoms with van der Waals surface area (Å²) in [5, 5.41) is 7.76. The standard InChI is InChI=1S/C26H22N2O3/c1-18-16-21(14-15-23(18)28-26(30)20-9-3-2-4-10-20)27-25(29)17-31-24-13-7-11-19-8-5-6-12-22(19)24/h2-16H,17H2,1H3,(H,27,29)(H,28,30). The topological polar surface area (TPSA) is 67.4 Å². The molecule has 4 aromatic rings. The first-order valence-electron chi connectivity index (χ1n) is 9.97. The Labute approximate surface area is 180 Å². The first-order valence-corrected chi connectivity index (χ1v) is 9.97. The molecule has 2 amide bonds. The van der Waals surface area contributed by atoms with E-state index < -0.39 is 0 Å². The molecule has 0 saturated heterocycles. The van der Waals surface area contributed by atoms with Gasteiger partial charge in [-0.3, -0.25) is 9.59 Å². The van der Waals surface area contributed by atoms with Crippen molar-refractivity contribution in [3.63, 3.8) is 0 Å². The predicted molar refractivity (Wildman–Crippen MR) is 124 cm³/mol. The van der Waals surface area contributed by atoms with E-state index in [-0.39, 0.29) is 18.4 Å². The van der Waals surface area contributed by atoms with Crippen LogP contribution in [-0.4, -0.2) is 18.4 Å². The van der Waals surface area contributed by atoms with Crippen molar-refractivity contribution in [2.45, 2.75) is 6.92 Å².